The largest absolute Gasteiger partial charge is 0.289 e. The van der Waals surface area contributed by atoms with Crippen molar-refractivity contribution in [1.29, 1.82) is 0 Å². The minimum atomic E-state index is -0.745. The topological polar surface area (TPSA) is 24.7 Å². The number of rotatable bonds is 1. The molecule has 2 nitrogen and oxygen atoms in total. The van der Waals surface area contributed by atoms with Gasteiger partial charge in [-0.1, -0.05) is 35.9 Å². The van der Waals surface area contributed by atoms with Crippen LogP contribution in [0.4, 0.5) is 0 Å². The van der Waals surface area contributed by atoms with E-state index in [1.807, 2.05) is 31.2 Å². The Kier molecular flexibility index (Phi) is 1.26. The molecule has 1 aliphatic heterocycles. The second kappa shape index (κ2) is 2.05. The fourth-order valence-corrected chi connectivity index (χ4v) is 1.33. The number of benzene rings is 1. The van der Waals surface area contributed by atoms with Crippen LogP contribution in [0, 0.1) is 6.92 Å². The van der Waals surface area contributed by atoms with Gasteiger partial charge in [-0.15, -0.1) is 10.2 Å². The second-order valence-electron chi connectivity index (χ2n) is 2.60. The summed E-state index contributed by atoms with van der Waals surface area (Å²) in [6, 6.07) is 7.86. The van der Waals surface area contributed by atoms with Crippen molar-refractivity contribution in [3.63, 3.8) is 0 Å². The lowest BCUT2D eigenvalue weighted by molar-refractivity contribution is 0.926. The number of halogens is 1. The van der Waals surface area contributed by atoms with E-state index in [0.717, 1.165) is 11.1 Å². The summed E-state index contributed by atoms with van der Waals surface area (Å²) in [5.74, 6) is 0. The monoisotopic (exact) mass is 166 g/mol. The molecule has 0 N–H and O–H groups in total. The van der Waals surface area contributed by atoms with Crippen LogP contribution in [-0.4, -0.2) is 0 Å². The zero-order valence-electron chi connectivity index (χ0n) is 6.08. The summed E-state index contributed by atoms with van der Waals surface area (Å²) >= 11 is 5.94. The molecule has 0 saturated carbocycles. The molecule has 1 aliphatic rings. The molecular weight excluding hydrogens is 160 g/mol. The van der Waals surface area contributed by atoms with Crippen LogP contribution >= 0.6 is 11.6 Å². The molecule has 0 unspecified atom stereocenters. The molecule has 1 aromatic rings. The Morgan fingerprint density at radius 1 is 1.27 bits per heavy atom. The molecule has 1 aromatic carbocycles. The summed E-state index contributed by atoms with van der Waals surface area (Å²) in [5, 5.41) is 6.77. The van der Waals surface area contributed by atoms with Crippen LogP contribution in [0.25, 0.3) is 0 Å². The Hall–Kier alpha value is -0.890. The van der Waals surface area contributed by atoms with E-state index in [0.29, 0.717) is 0 Å². The highest BCUT2D eigenvalue weighted by molar-refractivity contribution is 6.24. The third kappa shape index (κ3) is 1.03. The Morgan fingerprint density at radius 2 is 1.91 bits per heavy atom. The second-order valence-corrected chi connectivity index (χ2v) is 3.13. The van der Waals surface area contributed by atoms with Gasteiger partial charge in [0.05, 0.1) is 0 Å². The standard InChI is InChI=1S/C8H7ClN2/c1-6-4-2-3-5-7(6)8(9)10-11-8/h2-5H,1H3. The number of aryl methyl sites for hydroxylation is 1. The zero-order valence-corrected chi connectivity index (χ0v) is 6.84. The van der Waals surface area contributed by atoms with Crippen molar-refractivity contribution in [2.75, 3.05) is 0 Å². The van der Waals surface area contributed by atoms with Gasteiger partial charge in [0.1, 0.15) is 0 Å². The maximum absolute atomic E-state index is 5.94. The number of nitrogens with zero attached hydrogens (tertiary/aromatic N) is 2. The van der Waals surface area contributed by atoms with Gasteiger partial charge in [0.2, 0.25) is 0 Å². The first-order chi connectivity index (χ1) is 5.22. The van der Waals surface area contributed by atoms with Crippen LogP contribution < -0.4 is 0 Å². The van der Waals surface area contributed by atoms with Crippen molar-refractivity contribution in [3.05, 3.63) is 35.4 Å². The molecule has 0 amide bonds. The summed E-state index contributed by atoms with van der Waals surface area (Å²) in [4.78, 5) is 0. The Labute approximate surface area is 69.9 Å². The number of hydrogen-bond donors (Lipinski definition) is 0. The van der Waals surface area contributed by atoms with Gasteiger partial charge >= 0.3 is 0 Å². The summed E-state index contributed by atoms with van der Waals surface area (Å²) in [6.07, 6.45) is 0. The molecule has 0 atom stereocenters. The summed E-state index contributed by atoms with van der Waals surface area (Å²) in [7, 11) is 0. The van der Waals surface area contributed by atoms with E-state index in [4.69, 9.17) is 11.6 Å². The fourth-order valence-electron chi connectivity index (χ4n) is 1.08. The predicted molar refractivity (Wildman–Crippen MR) is 43.6 cm³/mol. The molecule has 3 heteroatoms. The third-order valence-corrected chi connectivity index (χ3v) is 2.12. The summed E-state index contributed by atoms with van der Waals surface area (Å²) < 4.78 is 0. The first-order valence-corrected chi connectivity index (χ1v) is 3.79. The van der Waals surface area contributed by atoms with E-state index in [1.165, 1.54) is 0 Å². The quantitative estimate of drug-likeness (QED) is 0.453. The number of alkyl halides is 1. The number of hydrogen-bond acceptors (Lipinski definition) is 2. The van der Waals surface area contributed by atoms with Crippen LogP contribution in [0.15, 0.2) is 34.5 Å². The molecule has 2 rings (SSSR count). The maximum atomic E-state index is 5.94. The van der Waals surface area contributed by atoms with Crippen molar-refractivity contribution in [3.8, 4) is 0 Å². The molecule has 0 aromatic heterocycles. The molecule has 0 aliphatic carbocycles. The van der Waals surface area contributed by atoms with Crippen molar-refractivity contribution in [1.82, 2.24) is 0 Å². The van der Waals surface area contributed by atoms with Crippen LogP contribution in [0.1, 0.15) is 11.1 Å². The van der Waals surface area contributed by atoms with Crippen LogP contribution in [-0.2, 0) is 5.12 Å². The highest BCUT2D eigenvalue weighted by atomic mass is 35.5. The van der Waals surface area contributed by atoms with Crippen molar-refractivity contribution >= 4 is 11.6 Å². The SMILES string of the molecule is Cc1ccccc1C1(Cl)N=N1. The van der Waals surface area contributed by atoms with Gasteiger partial charge in [0, 0.05) is 5.56 Å². The van der Waals surface area contributed by atoms with Crippen LogP contribution in [0.5, 0.6) is 0 Å². The molecule has 0 radical (unpaired) electrons. The lowest BCUT2D eigenvalue weighted by Crippen LogP contribution is -1.99. The molecule has 11 heavy (non-hydrogen) atoms. The van der Waals surface area contributed by atoms with Gasteiger partial charge in [-0.3, -0.25) is 0 Å². The van der Waals surface area contributed by atoms with Gasteiger partial charge < -0.3 is 0 Å². The highest BCUT2D eigenvalue weighted by Gasteiger charge is 2.40. The third-order valence-electron chi connectivity index (χ3n) is 1.76. The molecule has 56 valence electrons. The molecule has 0 spiro atoms. The average Bonchev–Trinajstić information content (AvgIpc) is 2.70. The predicted octanol–water partition coefficient (Wildman–Crippen LogP) is 2.81. The first-order valence-electron chi connectivity index (χ1n) is 3.41. The Bertz CT molecular complexity index is 314. The lowest BCUT2D eigenvalue weighted by atomic mass is 10.1. The minimum absolute atomic E-state index is 0.745. The van der Waals surface area contributed by atoms with Crippen molar-refractivity contribution < 1.29 is 0 Å². The van der Waals surface area contributed by atoms with E-state index in [2.05, 4.69) is 10.2 Å². The van der Waals surface area contributed by atoms with Gasteiger partial charge in [-0.2, -0.15) is 0 Å². The average molecular weight is 167 g/mol. The molecule has 1 heterocycles. The van der Waals surface area contributed by atoms with Gasteiger partial charge in [-0.05, 0) is 12.5 Å². The first kappa shape index (κ1) is 6.80. The van der Waals surface area contributed by atoms with E-state index in [1.54, 1.807) is 0 Å². The van der Waals surface area contributed by atoms with E-state index in [9.17, 15) is 0 Å². The van der Waals surface area contributed by atoms with Gasteiger partial charge in [-0.25, -0.2) is 0 Å². The molecule has 0 fully saturated rings. The Morgan fingerprint density at radius 3 is 2.45 bits per heavy atom. The normalized spacial score (nSPS) is 18.4. The van der Waals surface area contributed by atoms with E-state index >= 15 is 0 Å². The molecule has 0 saturated heterocycles. The highest BCUT2D eigenvalue weighted by Crippen LogP contribution is 2.44. The summed E-state index contributed by atoms with van der Waals surface area (Å²) in [5.41, 5.74) is 2.12. The smallest absolute Gasteiger partial charge is 0.135 e. The summed E-state index contributed by atoms with van der Waals surface area (Å²) in [6.45, 7) is 2.00. The van der Waals surface area contributed by atoms with E-state index in [-0.39, 0.29) is 0 Å². The van der Waals surface area contributed by atoms with Crippen LogP contribution in [0.3, 0.4) is 0 Å². The molecule has 0 bridgehead atoms. The minimum Gasteiger partial charge on any atom is -0.135 e. The zero-order chi connectivity index (χ0) is 7.90. The van der Waals surface area contributed by atoms with Crippen LogP contribution in [0.2, 0.25) is 0 Å². The maximum Gasteiger partial charge on any atom is 0.289 e. The van der Waals surface area contributed by atoms with Crippen molar-refractivity contribution in [2.24, 2.45) is 10.2 Å². The van der Waals surface area contributed by atoms with Crippen molar-refractivity contribution in [2.45, 2.75) is 12.0 Å². The molecular formula is C8H7ClN2. The van der Waals surface area contributed by atoms with E-state index < -0.39 is 5.12 Å². The lowest BCUT2D eigenvalue weighted by Gasteiger charge is -2.04. The Balaban J connectivity index is 2.45. The fraction of sp³-hybridized carbons (Fsp3) is 0.250. The van der Waals surface area contributed by atoms with Gasteiger partial charge in [0.25, 0.3) is 5.12 Å². The van der Waals surface area contributed by atoms with Gasteiger partial charge in [0.15, 0.2) is 0 Å².